The predicted octanol–water partition coefficient (Wildman–Crippen LogP) is 3.50. The lowest BCUT2D eigenvalue weighted by molar-refractivity contribution is 0.137. The topological polar surface area (TPSA) is 48.7 Å². The van der Waals surface area contributed by atoms with Crippen LogP contribution in [0.3, 0.4) is 0 Å². The molecule has 2 heterocycles. The Morgan fingerprint density at radius 3 is 2.62 bits per heavy atom. The highest BCUT2D eigenvalue weighted by Gasteiger charge is 2.22. The van der Waals surface area contributed by atoms with Gasteiger partial charge in [-0.2, -0.15) is 0 Å². The third kappa shape index (κ3) is 3.79. The summed E-state index contributed by atoms with van der Waals surface area (Å²) < 4.78 is 5.39. The van der Waals surface area contributed by atoms with Crippen molar-refractivity contribution in [1.29, 1.82) is 0 Å². The van der Waals surface area contributed by atoms with Crippen molar-refractivity contribution < 1.29 is 9.21 Å². The molecule has 128 valence electrons. The number of nitrogens with one attached hydrogen (secondary N) is 1. The fraction of sp³-hybridized carbons (Fsp3) is 0.421. The molecule has 5 heteroatoms. The maximum atomic E-state index is 12.6. The molecule has 1 fully saturated rings. The van der Waals surface area contributed by atoms with Crippen LogP contribution in [-0.2, 0) is 13.0 Å². The number of para-hydroxylation sites is 1. The van der Waals surface area contributed by atoms with E-state index in [2.05, 4.69) is 23.2 Å². The zero-order valence-electron chi connectivity index (χ0n) is 14.4. The van der Waals surface area contributed by atoms with Crippen molar-refractivity contribution in [2.24, 2.45) is 0 Å². The first-order chi connectivity index (χ1) is 11.7. The van der Waals surface area contributed by atoms with Gasteiger partial charge < -0.3 is 14.6 Å². The molecule has 1 aliphatic rings. The van der Waals surface area contributed by atoms with Gasteiger partial charge in [0, 0.05) is 31.9 Å². The van der Waals surface area contributed by atoms with E-state index in [1.807, 2.05) is 36.1 Å². The van der Waals surface area contributed by atoms with Crippen LogP contribution in [0, 0.1) is 6.92 Å². The van der Waals surface area contributed by atoms with E-state index in [-0.39, 0.29) is 6.03 Å². The molecular weight excluding hydrogens is 302 g/mol. The van der Waals surface area contributed by atoms with Gasteiger partial charge in [-0.25, -0.2) is 4.79 Å². The number of hydrogen-bond donors (Lipinski definition) is 1. The van der Waals surface area contributed by atoms with Gasteiger partial charge >= 0.3 is 6.03 Å². The number of carbonyl (C=O) groups excluding carboxylic acids is 1. The number of hydrogen-bond acceptors (Lipinski definition) is 3. The van der Waals surface area contributed by atoms with Crippen LogP contribution in [0.5, 0.6) is 0 Å². The van der Waals surface area contributed by atoms with Crippen molar-refractivity contribution in [3.05, 3.63) is 53.5 Å². The quantitative estimate of drug-likeness (QED) is 0.935. The van der Waals surface area contributed by atoms with Crippen LogP contribution in [0.25, 0.3) is 0 Å². The van der Waals surface area contributed by atoms with Crippen molar-refractivity contribution >= 4 is 11.7 Å². The van der Waals surface area contributed by atoms with Gasteiger partial charge in [0.25, 0.3) is 0 Å². The summed E-state index contributed by atoms with van der Waals surface area (Å²) in [5.74, 6) is 0.973. The summed E-state index contributed by atoms with van der Waals surface area (Å²) >= 11 is 0. The Balaban J connectivity index is 1.56. The first kappa shape index (κ1) is 16.6. The Morgan fingerprint density at radius 1 is 1.17 bits per heavy atom. The highest BCUT2D eigenvalue weighted by molar-refractivity contribution is 5.91. The lowest BCUT2D eigenvalue weighted by Gasteiger charge is -2.34. The molecular formula is C19H25N3O2. The molecule has 0 saturated carbocycles. The SMILES string of the molecule is CCc1cccc(C)c1NC(=O)N1CCN(Cc2ccco2)CC1. The van der Waals surface area contributed by atoms with Gasteiger partial charge in [-0.3, -0.25) is 4.90 Å². The van der Waals surface area contributed by atoms with E-state index in [0.717, 1.165) is 56.2 Å². The molecule has 2 aromatic rings. The minimum atomic E-state index is -0.00310. The molecule has 0 spiro atoms. The van der Waals surface area contributed by atoms with Crippen LogP contribution in [0.15, 0.2) is 41.0 Å². The number of furan rings is 1. The van der Waals surface area contributed by atoms with Crippen molar-refractivity contribution in [3.8, 4) is 0 Å². The third-order valence-corrected chi connectivity index (χ3v) is 4.59. The smallest absolute Gasteiger partial charge is 0.321 e. The summed E-state index contributed by atoms with van der Waals surface area (Å²) in [6.45, 7) is 8.15. The van der Waals surface area contributed by atoms with Crippen LogP contribution < -0.4 is 5.32 Å². The Labute approximate surface area is 143 Å². The van der Waals surface area contributed by atoms with Crippen molar-refractivity contribution in [1.82, 2.24) is 9.80 Å². The van der Waals surface area contributed by atoms with Crippen molar-refractivity contribution in [2.45, 2.75) is 26.8 Å². The predicted molar refractivity (Wildman–Crippen MR) is 95.1 cm³/mol. The zero-order chi connectivity index (χ0) is 16.9. The Hall–Kier alpha value is -2.27. The summed E-state index contributed by atoms with van der Waals surface area (Å²) in [7, 11) is 0. The highest BCUT2D eigenvalue weighted by atomic mass is 16.3. The molecule has 0 aliphatic carbocycles. The van der Waals surface area contributed by atoms with Gasteiger partial charge in [-0.1, -0.05) is 25.1 Å². The van der Waals surface area contributed by atoms with Gasteiger partial charge in [0.2, 0.25) is 0 Å². The molecule has 24 heavy (non-hydrogen) atoms. The molecule has 5 nitrogen and oxygen atoms in total. The minimum absolute atomic E-state index is 0.00310. The van der Waals surface area contributed by atoms with E-state index < -0.39 is 0 Å². The summed E-state index contributed by atoms with van der Waals surface area (Å²) in [6.07, 6.45) is 2.61. The second-order valence-electron chi connectivity index (χ2n) is 6.24. The fourth-order valence-corrected chi connectivity index (χ4v) is 3.12. The van der Waals surface area contributed by atoms with E-state index in [1.165, 1.54) is 5.56 Å². The molecule has 0 radical (unpaired) electrons. The molecule has 1 N–H and O–H groups in total. The van der Waals surface area contributed by atoms with Crippen LogP contribution in [-0.4, -0.2) is 42.0 Å². The second-order valence-corrected chi connectivity index (χ2v) is 6.24. The second kappa shape index (κ2) is 7.53. The molecule has 2 amide bonds. The minimum Gasteiger partial charge on any atom is -0.468 e. The van der Waals surface area contributed by atoms with Crippen molar-refractivity contribution in [2.75, 3.05) is 31.5 Å². The number of piperazine rings is 1. The number of aryl methyl sites for hydroxylation is 2. The maximum Gasteiger partial charge on any atom is 0.321 e. The standard InChI is InChI=1S/C19H25N3O2/c1-3-16-7-4-6-15(2)18(16)20-19(23)22-11-9-21(10-12-22)14-17-8-5-13-24-17/h4-8,13H,3,9-12,14H2,1-2H3,(H,20,23). The Morgan fingerprint density at radius 2 is 1.96 bits per heavy atom. The first-order valence-corrected chi connectivity index (χ1v) is 8.56. The molecule has 1 aromatic heterocycles. The van der Waals surface area contributed by atoms with Gasteiger partial charge in [0.15, 0.2) is 0 Å². The summed E-state index contributed by atoms with van der Waals surface area (Å²) in [5, 5.41) is 3.11. The van der Waals surface area contributed by atoms with E-state index in [9.17, 15) is 4.79 Å². The fourth-order valence-electron chi connectivity index (χ4n) is 3.12. The molecule has 0 unspecified atom stereocenters. The number of amides is 2. The average Bonchev–Trinajstić information content (AvgIpc) is 3.10. The third-order valence-electron chi connectivity index (χ3n) is 4.59. The number of nitrogens with zero attached hydrogens (tertiary/aromatic N) is 2. The number of anilines is 1. The molecule has 1 aliphatic heterocycles. The normalized spacial score (nSPS) is 15.5. The van der Waals surface area contributed by atoms with Crippen LogP contribution >= 0.6 is 0 Å². The van der Waals surface area contributed by atoms with E-state index in [1.54, 1.807) is 6.26 Å². The lowest BCUT2D eigenvalue weighted by Crippen LogP contribution is -2.49. The molecule has 3 rings (SSSR count). The van der Waals surface area contributed by atoms with Crippen LogP contribution in [0.1, 0.15) is 23.8 Å². The maximum absolute atomic E-state index is 12.6. The molecule has 1 saturated heterocycles. The first-order valence-electron chi connectivity index (χ1n) is 8.56. The van der Waals surface area contributed by atoms with E-state index >= 15 is 0 Å². The van der Waals surface area contributed by atoms with Crippen LogP contribution in [0.4, 0.5) is 10.5 Å². The number of rotatable bonds is 4. The number of benzene rings is 1. The monoisotopic (exact) mass is 327 g/mol. The average molecular weight is 327 g/mol. The lowest BCUT2D eigenvalue weighted by atomic mass is 10.1. The summed E-state index contributed by atoms with van der Waals surface area (Å²) in [5.41, 5.74) is 3.25. The zero-order valence-corrected chi connectivity index (χ0v) is 14.4. The van der Waals surface area contributed by atoms with E-state index in [0.29, 0.717) is 0 Å². The molecule has 0 bridgehead atoms. The van der Waals surface area contributed by atoms with Gasteiger partial charge in [-0.05, 0) is 36.6 Å². The van der Waals surface area contributed by atoms with Crippen LogP contribution in [0.2, 0.25) is 0 Å². The van der Waals surface area contributed by atoms with Crippen molar-refractivity contribution in [3.63, 3.8) is 0 Å². The van der Waals surface area contributed by atoms with Gasteiger partial charge in [-0.15, -0.1) is 0 Å². The molecule has 0 atom stereocenters. The Kier molecular flexibility index (Phi) is 5.20. The van der Waals surface area contributed by atoms with E-state index in [4.69, 9.17) is 4.42 Å². The number of urea groups is 1. The number of carbonyl (C=O) groups is 1. The largest absolute Gasteiger partial charge is 0.468 e. The summed E-state index contributed by atoms with van der Waals surface area (Å²) in [6, 6.07) is 10.0. The molecule has 1 aromatic carbocycles. The highest BCUT2D eigenvalue weighted by Crippen LogP contribution is 2.21. The Bertz CT molecular complexity index is 674. The van der Waals surface area contributed by atoms with Gasteiger partial charge in [0.05, 0.1) is 12.8 Å². The summed E-state index contributed by atoms with van der Waals surface area (Å²) in [4.78, 5) is 16.8. The van der Waals surface area contributed by atoms with Gasteiger partial charge in [0.1, 0.15) is 5.76 Å².